The van der Waals surface area contributed by atoms with E-state index in [2.05, 4.69) is 38.7 Å². The minimum atomic E-state index is -1.37. The Morgan fingerprint density at radius 3 is 2.15 bits per heavy atom. The molecule has 21 nitrogen and oxygen atoms in total. The second-order valence-electron chi connectivity index (χ2n) is 26.3. The summed E-state index contributed by atoms with van der Waals surface area (Å²) < 4.78 is 51.8. The van der Waals surface area contributed by atoms with Crippen molar-refractivity contribution in [1.29, 1.82) is 0 Å². The molecule has 0 saturated heterocycles. The molecule has 5 N–H and O–H groups in total. The normalized spacial score (nSPS) is 24.7. The van der Waals surface area contributed by atoms with Crippen LogP contribution in [0.15, 0.2) is 89.4 Å². The number of carbonyl (C=O) groups is 6. The molecule has 97 heavy (non-hydrogen) atoms. The molecule has 4 saturated carbocycles. The van der Waals surface area contributed by atoms with Crippen molar-refractivity contribution in [2.75, 3.05) is 48.0 Å². The Bertz CT molecular complexity index is 4020. The lowest BCUT2D eigenvalue weighted by Crippen LogP contribution is -2.50. The van der Waals surface area contributed by atoms with Crippen LogP contribution in [0.1, 0.15) is 135 Å². The van der Waals surface area contributed by atoms with Crippen LogP contribution in [-0.4, -0.2) is 147 Å². The average molecular weight is 1380 g/mol. The Morgan fingerprint density at radius 1 is 0.856 bits per heavy atom. The molecule has 4 aliphatic carbocycles. The van der Waals surface area contributed by atoms with Gasteiger partial charge < -0.3 is 54.6 Å². The SMILES string of the molecule is C=CCCCCN(C)C(=O)[C@@H]1C[C@@H](O)C[C@H]1C(=O)N[C@]1(C(=O)OCC)C[C@H]1C=C.COc1ccc2c(=O)cc(-c3nc(C(C)C)cs3)[nH]c2c1F.COc1ccc2c(O[C@@H]3C[C@H]4C(=O)N[C@]5(C(=O)O)C[C@H]5/C=C\CCCCN(C)C(=O)[C@@H]4C3)cc(-c3nc(C(C)C)cs3)nc2c1F. The molecule has 6 aromatic rings. The highest BCUT2D eigenvalue weighted by Gasteiger charge is 2.63. The number of nitrogens with zero attached hydrogens (tertiary/aromatic N) is 5. The Balaban J connectivity index is 0.000000185. The fraction of sp³-hybridized carbons (Fsp3) is 0.500. The number of rotatable bonds is 20. The molecule has 520 valence electrons. The third kappa shape index (κ3) is 16.1. The minimum absolute atomic E-state index is 0.0425. The van der Waals surface area contributed by atoms with Crippen molar-refractivity contribution in [3.63, 3.8) is 0 Å². The Kier molecular flexibility index (Phi) is 23.6. The van der Waals surface area contributed by atoms with Gasteiger partial charge in [0.1, 0.15) is 44.2 Å². The molecular weight excluding hydrogens is 1290 g/mol. The molecule has 4 amide bonds. The maximum Gasteiger partial charge on any atom is 0.332 e. The number of methoxy groups -OCH3 is 2. The number of nitrogens with one attached hydrogen (secondary N) is 3. The Hall–Kier alpha value is -8.42. The number of carboxylic acids is 1. The molecule has 2 aromatic carbocycles. The number of aliphatic hydroxyl groups is 1. The van der Waals surface area contributed by atoms with Crippen LogP contribution in [0.4, 0.5) is 8.78 Å². The number of aromatic nitrogens is 4. The number of thiazole rings is 2. The molecule has 0 spiro atoms. The molecule has 5 heterocycles. The van der Waals surface area contributed by atoms with Crippen LogP contribution in [0, 0.1) is 47.1 Å². The monoisotopic (exact) mass is 1370 g/mol. The number of amides is 4. The summed E-state index contributed by atoms with van der Waals surface area (Å²) >= 11 is 2.84. The van der Waals surface area contributed by atoms with Crippen molar-refractivity contribution in [3.8, 4) is 38.7 Å². The number of unbranched alkanes of at least 4 members (excludes halogenated alkanes) is 2. The zero-order valence-corrected chi connectivity index (χ0v) is 58.0. The van der Waals surface area contributed by atoms with Gasteiger partial charge in [-0.05, 0) is 120 Å². The number of hydrogen-bond acceptors (Lipinski definition) is 17. The molecule has 0 unspecified atom stereocenters. The first-order valence-corrected chi connectivity index (χ1v) is 34.9. The lowest BCUT2D eigenvalue weighted by molar-refractivity contribution is -0.150. The van der Waals surface area contributed by atoms with Gasteiger partial charge in [0.15, 0.2) is 28.6 Å². The quantitative estimate of drug-likeness (QED) is 0.0270. The second-order valence-corrected chi connectivity index (χ2v) is 28.0. The van der Waals surface area contributed by atoms with E-state index >= 15 is 4.39 Å². The summed E-state index contributed by atoms with van der Waals surface area (Å²) in [7, 11) is 6.24. The number of benzene rings is 2. The van der Waals surface area contributed by atoms with E-state index in [0.29, 0.717) is 69.8 Å². The van der Waals surface area contributed by atoms with E-state index in [1.54, 1.807) is 55.1 Å². The number of carboxylic acid groups (broad SMARTS) is 1. The number of H-pyrrole nitrogens is 1. The van der Waals surface area contributed by atoms with Gasteiger partial charge in [0.2, 0.25) is 23.6 Å². The van der Waals surface area contributed by atoms with Gasteiger partial charge in [-0.25, -0.2) is 33.3 Å². The maximum atomic E-state index is 15.6. The van der Waals surface area contributed by atoms with Crippen LogP contribution in [0.2, 0.25) is 0 Å². The van der Waals surface area contributed by atoms with Gasteiger partial charge in [-0.1, -0.05) is 52.0 Å². The number of aromatic amines is 1. The van der Waals surface area contributed by atoms with Crippen molar-refractivity contribution in [3.05, 3.63) is 118 Å². The third-order valence-corrected chi connectivity index (χ3v) is 20.7. The van der Waals surface area contributed by atoms with Crippen molar-refractivity contribution in [2.24, 2.45) is 35.5 Å². The Morgan fingerprint density at radius 2 is 1.52 bits per heavy atom. The lowest BCUT2D eigenvalue weighted by atomic mass is 9.93. The van der Waals surface area contributed by atoms with E-state index in [4.69, 9.17) is 23.9 Å². The van der Waals surface area contributed by atoms with Crippen molar-refractivity contribution < 1.29 is 66.7 Å². The lowest BCUT2D eigenvalue weighted by Gasteiger charge is -2.26. The van der Waals surface area contributed by atoms with Gasteiger partial charge in [0.05, 0.1) is 73.2 Å². The molecule has 0 bridgehead atoms. The van der Waals surface area contributed by atoms with E-state index in [1.165, 1.54) is 55.1 Å². The van der Waals surface area contributed by atoms with Gasteiger partial charge in [0.25, 0.3) is 0 Å². The third-order valence-electron chi connectivity index (χ3n) is 18.9. The topological polar surface area (TPSA) is 282 Å². The number of allylic oxidation sites excluding steroid dienone is 2. The highest BCUT2D eigenvalue weighted by molar-refractivity contribution is 7.13. The highest BCUT2D eigenvalue weighted by Crippen LogP contribution is 2.49. The number of halogens is 2. The first-order valence-electron chi connectivity index (χ1n) is 33.1. The van der Waals surface area contributed by atoms with Crippen molar-refractivity contribution in [2.45, 2.75) is 147 Å². The van der Waals surface area contributed by atoms with E-state index in [-0.39, 0.29) is 95.7 Å². The number of fused-ring (bicyclic) bond motifs is 4. The standard InChI is InChI=1S/C34H39FN4O6S.C22H34N2O5.C16H15FN2O2S/c1-18(2)25-17-46-31(37-25)24-15-27(21-10-11-26(44-4)28(35)29(21)36-24)45-20-13-22-23(14-20)32(41)39(3)12-8-6-5-7-9-19-16-34(19,33(42)43)38-30(22)40;1-5-8-9-10-11-24(4)20(27)18-13-16(25)12-17(18)19(26)23-22(14-15(22)6-2)21(28)29-7-3;1-8(2)11-7-22-16(19-11)10-6-12(20)9-4-5-13(21-3)14(17)15(9)18-10/h7,9-11,15,17-20,22-23H,5-6,8,12-14,16H2,1-4H3,(H,38,40)(H,42,43);5-6,15-18,25H,1-2,7-14H2,3-4H3,(H,23,26);4-8H,1-3H3,(H,18,20)/b9-7-;;/t19-,20-,22-,23-,34-;15-,16+,17-,18-,22-;/m11./s1. The summed E-state index contributed by atoms with van der Waals surface area (Å²) in [5.74, 6) is -6.12. The number of aliphatic carboxylic acids is 1. The summed E-state index contributed by atoms with van der Waals surface area (Å²) in [6.07, 6.45) is 12.9. The minimum Gasteiger partial charge on any atom is -0.494 e. The molecule has 11 rings (SSSR count). The maximum absolute atomic E-state index is 15.6. The van der Waals surface area contributed by atoms with Gasteiger partial charge in [0, 0.05) is 72.7 Å². The van der Waals surface area contributed by atoms with Gasteiger partial charge in [-0.3, -0.25) is 24.0 Å². The number of carbonyl (C=O) groups excluding carboxylic acids is 5. The zero-order valence-electron chi connectivity index (χ0n) is 56.4. The molecule has 25 heteroatoms. The predicted octanol–water partition coefficient (Wildman–Crippen LogP) is 11.3. The van der Waals surface area contributed by atoms with E-state index < -0.39 is 76.4 Å². The fourth-order valence-electron chi connectivity index (χ4n) is 13.0. The van der Waals surface area contributed by atoms with Gasteiger partial charge >= 0.3 is 11.9 Å². The summed E-state index contributed by atoms with van der Waals surface area (Å²) in [5, 5.41) is 31.7. The van der Waals surface area contributed by atoms with Crippen molar-refractivity contribution in [1.82, 2.24) is 40.4 Å². The molecule has 1 aliphatic heterocycles. The van der Waals surface area contributed by atoms with Crippen LogP contribution in [-0.2, 0) is 33.5 Å². The van der Waals surface area contributed by atoms with E-state index in [9.17, 15) is 48.2 Å². The highest BCUT2D eigenvalue weighted by atomic mass is 32.1. The van der Waals surface area contributed by atoms with Gasteiger partial charge in [-0.2, -0.15) is 0 Å². The van der Waals surface area contributed by atoms with Gasteiger partial charge in [-0.15, -0.1) is 35.8 Å². The summed E-state index contributed by atoms with van der Waals surface area (Å²) in [4.78, 5) is 110. The first-order chi connectivity index (χ1) is 46.3. The summed E-state index contributed by atoms with van der Waals surface area (Å²) in [6.45, 7) is 18.7. The molecule has 4 aromatic heterocycles. The number of esters is 1. The smallest absolute Gasteiger partial charge is 0.332 e. The molecular formula is C72H88F2N8O13S2. The van der Waals surface area contributed by atoms with Crippen molar-refractivity contribution >= 4 is 80.0 Å². The molecule has 5 aliphatic rings. The van der Waals surface area contributed by atoms with E-state index in [0.717, 1.165) is 49.9 Å². The fourth-order valence-corrected chi connectivity index (χ4v) is 14.9. The molecule has 4 fully saturated rings. The van der Waals surface area contributed by atoms with Crippen LogP contribution < -0.4 is 30.3 Å². The van der Waals surface area contributed by atoms with Crippen LogP contribution in [0.3, 0.4) is 0 Å². The number of pyridine rings is 2. The first kappa shape index (κ1) is 72.8. The average Bonchev–Trinajstić information content (AvgIpc) is 1.65. The number of ether oxygens (including phenoxy) is 4. The predicted molar refractivity (Wildman–Crippen MR) is 367 cm³/mol. The van der Waals surface area contributed by atoms with Crippen LogP contribution in [0.5, 0.6) is 17.2 Å². The Labute approximate surface area is 571 Å². The summed E-state index contributed by atoms with van der Waals surface area (Å²) in [5.41, 5.74) is 0.303. The zero-order chi connectivity index (χ0) is 70.2. The summed E-state index contributed by atoms with van der Waals surface area (Å²) in [6, 6.07) is 9.38. The van der Waals surface area contributed by atoms with E-state index in [1.807, 2.05) is 56.7 Å². The second kappa shape index (κ2) is 31.4. The number of hydrogen-bond donors (Lipinski definition) is 5. The molecule has 0 radical (unpaired) electrons. The number of aliphatic hydroxyl groups excluding tert-OH is 1. The van der Waals surface area contributed by atoms with Crippen LogP contribution in [0.25, 0.3) is 43.2 Å². The molecule has 10 atom stereocenters. The van der Waals surface area contributed by atoms with Crippen LogP contribution >= 0.6 is 22.7 Å². The largest absolute Gasteiger partial charge is 0.494 e.